The van der Waals surface area contributed by atoms with E-state index in [9.17, 15) is 27.6 Å². The summed E-state index contributed by atoms with van der Waals surface area (Å²) >= 11 is 1.18. The Bertz CT molecular complexity index is 817. The summed E-state index contributed by atoms with van der Waals surface area (Å²) in [5.74, 6) is -0.487. The van der Waals surface area contributed by atoms with Crippen molar-refractivity contribution in [2.45, 2.75) is 62.6 Å². The maximum absolute atomic E-state index is 12.7. The molecule has 0 N–H and O–H groups in total. The lowest BCUT2D eigenvalue weighted by atomic mass is 10.1. The molecule has 0 saturated heterocycles. The van der Waals surface area contributed by atoms with Crippen molar-refractivity contribution in [3.63, 3.8) is 0 Å². The number of thioether (sulfide) groups is 1. The number of nitrogens with zero attached hydrogens (tertiary/aromatic N) is 4. The molecule has 0 fully saturated rings. The number of ether oxygens (including phenoxy) is 1. The number of unbranched alkanes of at least 4 members (excludes halogenated alkanes) is 2. The number of carbonyl (C=O) groups excluding carboxylic acids is 3. The van der Waals surface area contributed by atoms with Crippen LogP contribution in [0.4, 0.5) is 18.0 Å². The number of imide groups is 1. The van der Waals surface area contributed by atoms with Gasteiger partial charge in [0.2, 0.25) is 0 Å². The number of alkyl halides is 3. The number of halogens is 3. The minimum absolute atomic E-state index is 0.00437. The quantitative estimate of drug-likeness (QED) is 0.0497. The molecule has 0 aliphatic carbocycles. The van der Waals surface area contributed by atoms with Gasteiger partial charge in [-0.15, -0.1) is 16.8 Å². The topological polar surface area (TPSA) is 122 Å². The third-order valence-electron chi connectivity index (χ3n) is 4.21. The fourth-order valence-electron chi connectivity index (χ4n) is 2.57. The Balaban J connectivity index is 2.71. The van der Waals surface area contributed by atoms with Gasteiger partial charge < -0.3 is 4.74 Å². The van der Waals surface area contributed by atoms with Crippen LogP contribution >= 0.6 is 11.8 Å². The first-order valence-corrected chi connectivity index (χ1v) is 11.2. The summed E-state index contributed by atoms with van der Waals surface area (Å²) in [4.78, 5) is 42.7. The summed E-state index contributed by atoms with van der Waals surface area (Å²) in [7, 11) is 0. The summed E-state index contributed by atoms with van der Waals surface area (Å²) in [5.41, 5.74) is 7.51. The van der Waals surface area contributed by atoms with E-state index in [1.54, 1.807) is 6.92 Å². The third kappa shape index (κ3) is 11.5. The summed E-state index contributed by atoms with van der Waals surface area (Å²) < 4.78 is 43.4. The molecule has 1 unspecified atom stereocenters. The van der Waals surface area contributed by atoms with Crippen molar-refractivity contribution < 1.29 is 37.1 Å². The van der Waals surface area contributed by atoms with Crippen molar-refractivity contribution in [2.75, 3.05) is 12.3 Å². The monoisotopic (exact) mass is 490 g/mol. The summed E-state index contributed by atoms with van der Waals surface area (Å²) in [6, 6.07) is 4.56. The molecule has 0 aliphatic rings. The number of azide groups is 1. The van der Waals surface area contributed by atoms with Crippen molar-refractivity contribution in [1.82, 2.24) is 5.06 Å². The Morgan fingerprint density at radius 3 is 2.52 bits per heavy atom. The minimum Gasteiger partial charge on any atom is -0.428 e. The molecule has 33 heavy (non-hydrogen) atoms. The second-order valence-electron chi connectivity index (χ2n) is 6.79. The number of rotatable bonds is 13. The van der Waals surface area contributed by atoms with Crippen molar-refractivity contribution >= 4 is 30.2 Å². The van der Waals surface area contributed by atoms with E-state index in [4.69, 9.17) is 10.3 Å². The Labute approximate surface area is 193 Å². The molecule has 0 spiro atoms. The van der Waals surface area contributed by atoms with Gasteiger partial charge in [0.05, 0.1) is 5.56 Å². The molecule has 0 radical (unpaired) electrons. The first kappa shape index (κ1) is 28.1. The predicted molar refractivity (Wildman–Crippen MR) is 114 cm³/mol. The molecule has 1 aromatic carbocycles. The number of amides is 2. The first-order valence-electron chi connectivity index (χ1n) is 10.2. The van der Waals surface area contributed by atoms with Gasteiger partial charge in [-0.05, 0) is 55.5 Å². The van der Waals surface area contributed by atoms with Crippen LogP contribution in [0.2, 0.25) is 0 Å². The van der Waals surface area contributed by atoms with Crippen molar-refractivity contribution in [2.24, 2.45) is 5.11 Å². The van der Waals surface area contributed by atoms with Gasteiger partial charge in [-0.3, -0.25) is 14.4 Å². The van der Waals surface area contributed by atoms with Gasteiger partial charge in [0.25, 0.3) is 12.3 Å². The van der Waals surface area contributed by atoms with Crippen LogP contribution in [0.3, 0.4) is 0 Å². The molecule has 182 valence electrons. The lowest BCUT2D eigenvalue weighted by molar-refractivity contribution is -0.177. The highest BCUT2D eigenvalue weighted by Gasteiger charge is 2.30. The molecule has 13 heteroatoms. The standard InChI is InChI=1S/C20H25F3N4O5S/c1-2-6-18(29)27(14-28)32-19(30)31-16(7-4-3-5-12-25-26-24)13-33-17-10-8-15(9-11-17)20(21,22)23/h8-11,14,16H,2-7,12-13H2,1H3. The molecule has 0 bridgehead atoms. The molecule has 1 atom stereocenters. The number of hydrogen-bond acceptors (Lipinski definition) is 7. The molecule has 1 rings (SSSR count). The average Bonchev–Trinajstić information content (AvgIpc) is 2.77. The second kappa shape index (κ2) is 15.0. The summed E-state index contributed by atoms with van der Waals surface area (Å²) in [6.45, 7) is 2.05. The van der Waals surface area contributed by atoms with Crippen molar-refractivity contribution in [3.8, 4) is 0 Å². The van der Waals surface area contributed by atoms with E-state index < -0.39 is 29.9 Å². The lowest BCUT2D eigenvalue weighted by Gasteiger charge is -2.19. The predicted octanol–water partition coefficient (Wildman–Crippen LogP) is 5.89. The van der Waals surface area contributed by atoms with Gasteiger partial charge in [0.15, 0.2) is 0 Å². The van der Waals surface area contributed by atoms with Gasteiger partial charge in [-0.25, -0.2) is 4.79 Å². The van der Waals surface area contributed by atoms with Crippen LogP contribution in [0.15, 0.2) is 34.3 Å². The molecular weight excluding hydrogens is 465 g/mol. The molecule has 0 saturated carbocycles. The van der Waals surface area contributed by atoms with Gasteiger partial charge in [0.1, 0.15) is 6.10 Å². The van der Waals surface area contributed by atoms with Crippen molar-refractivity contribution in [1.29, 1.82) is 0 Å². The average molecular weight is 491 g/mol. The van der Waals surface area contributed by atoms with Crippen LogP contribution < -0.4 is 0 Å². The fourth-order valence-corrected chi connectivity index (χ4v) is 3.52. The van der Waals surface area contributed by atoms with Crippen LogP contribution in [-0.4, -0.2) is 41.9 Å². The molecule has 2 amide bonds. The number of benzene rings is 1. The highest BCUT2D eigenvalue weighted by atomic mass is 32.2. The van der Waals surface area contributed by atoms with E-state index in [2.05, 4.69) is 14.9 Å². The Morgan fingerprint density at radius 2 is 1.94 bits per heavy atom. The maximum atomic E-state index is 12.7. The van der Waals surface area contributed by atoms with E-state index >= 15 is 0 Å². The Hall–Kier alpha value is -2.92. The molecule has 0 aliphatic heterocycles. The van der Waals surface area contributed by atoms with E-state index in [0.717, 1.165) is 12.1 Å². The highest BCUT2D eigenvalue weighted by molar-refractivity contribution is 7.99. The highest BCUT2D eigenvalue weighted by Crippen LogP contribution is 2.31. The molecular formula is C20H25F3N4O5S. The van der Waals surface area contributed by atoms with Gasteiger partial charge in [-0.2, -0.15) is 13.2 Å². The van der Waals surface area contributed by atoms with E-state index in [1.165, 1.54) is 23.9 Å². The van der Waals surface area contributed by atoms with Crippen LogP contribution in [0.5, 0.6) is 0 Å². The van der Waals surface area contributed by atoms with E-state index in [0.29, 0.717) is 43.5 Å². The first-order chi connectivity index (χ1) is 15.7. The Morgan fingerprint density at radius 1 is 1.24 bits per heavy atom. The summed E-state index contributed by atoms with van der Waals surface area (Å²) in [5, 5.41) is 3.70. The van der Waals surface area contributed by atoms with Crippen molar-refractivity contribution in [3.05, 3.63) is 40.3 Å². The normalized spacial score (nSPS) is 11.8. The minimum atomic E-state index is -4.44. The largest absolute Gasteiger partial charge is 0.534 e. The van der Waals surface area contributed by atoms with E-state index in [-0.39, 0.29) is 23.6 Å². The zero-order valence-corrected chi connectivity index (χ0v) is 18.8. The SMILES string of the molecule is CCCC(=O)N(C=O)OC(=O)OC(CCCCCN=[N+]=[N-])CSc1ccc(C(F)(F)F)cc1. The van der Waals surface area contributed by atoms with Crippen LogP contribution in [0.25, 0.3) is 10.4 Å². The van der Waals surface area contributed by atoms with Crippen LogP contribution in [0, 0.1) is 0 Å². The third-order valence-corrected chi connectivity index (χ3v) is 5.35. The van der Waals surface area contributed by atoms with Gasteiger partial charge in [-0.1, -0.05) is 18.5 Å². The van der Waals surface area contributed by atoms with E-state index in [1.807, 2.05) is 0 Å². The Kier molecular flexibility index (Phi) is 12.8. The van der Waals surface area contributed by atoms with Crippen LogP contribution in [-0.2, 0) is 25.3 Å². The number of hydrogen-bond donors (Lipinski definition) is 0. The van der Waals surface area contributed by atoms with Gasteiger partial charge in [0, 0.05) is 28.5 Å². The molecule has 0 aromatic heterocycles. The van der Waals surface area contributed by atoms with Gasteiger partial charge >= 0.3 is 12.3 Å². The smallest absolute Gasteiger partial charge is 0.428 e. The second-order valence-corrected chi connectivity index (χ2v) is 7.89. The summed E-state index contributed by atoms with van der Waals surface area (Å²) in [6.07, 6.45) is -3.52. The zero-order chi connectivity index (χ0) is 24.7. The number of hydroxylamine groups is 2. The molecule has 9 nitrogen and oxygen atoms in total. The molecule has 0 heterocycles. The number of carbonyl (C=O) groups is 3. The lowest BCUT2D eigenvalue weighted by Crippen LogP contribution is -2.34. The molecule has 1 aromatic rings. The van der Waals surface area contributed by atoms with Crippen LogP contribution in [0.1, 0.15) is 51.0 Å². The maximum Gasteiger partial charge on any atom is 0.534 e. The fraction of sp³-hybridized carbons (Fsp3) is 0.550. The zero-order valence-electron chi connectivity index (χ0n) is 18.0.